The van der Waals surface area contributed by atoms with E-state index >= 15 is 0 Å². The lowest BCUT2D eigenvalue weighted by molar-refractivity contribution is 0.248. The molecular formula is C8H16F2. The zero-order valence-corrected chi connectivity index (χ0v) is 6.74. The number of alkyl halides is 2. The van der Waals surface area contributed by atoms with Crippen LogP contribution in [-0.4, -0.2) is 12.3 Å². The van der Waals surface area contributed by atoms with Gasteiger partial charge in [0.2, 0.25) is 0 Å². The van der Waals surface area contributed by atoms with E-state index in [2.05, 4.69) is 0 Å². The summed E-state index contributed by atoms with van der Waals surface area (Å²) in [6.07, 6.45) is 0.527. The molecule has 0 N–H and O–H groups in total. The molecule has 0 aliphatic rings. The van der Waals surface area contributed by atoms with Gasteiger partial charge in [0.15, 0.2) is 0 Å². The van der Waals surface area contributed by atoms with E-state index in [1.54, 1.807) is 0 Å². The van der Waals surface area contributed by atoms with Crippen LogP contribution in [0.25, 0.3) is 0 Å². The topological polar surface area (TPSA) is 0 Å². The summed E-state index contributed by atoms with van der Waals surface area (Å²) < 4.78 is 24.7. The number of rotatable bonds is 5. The largest absolute Gasteiger partial charge is 0.248 e. The molecule has 0 aliphatic carbocycles. The van der Waals surface area contributed by atoms with E-state index in [-0.39, 0.29) is 0 Å². The zero-order chi connectivity index (χ0) is 7.98. The first-order chi connectivity index (χ1) is 4.66. The highest BCUT2D eigenvalue weighted by Gasteiger charge is 2.06. The standard InChI is InChI=1S/C8H16F2/c1-3-4-8(10)6-5-7(2)9/h7-8H,3-6H2,1-2H3. The highest BCUT2D eigenvalue weighted by molar-refractivity contribution is 4.57. The molecule has 2 heteroatoms. The first-order valence-corrected chi connectivity index (χ1v) is 3.95. The lowest BCUT2D eigenvalue weighted by Gasteiger charge is -2.05. The fourth-order valence-electron chi connectivity index (χ4n) is 0.868. The van der Waals surface area contributed by atoms with Gasteiger partial charge in [-0.15, -0.1) is 0 Å². The fraction of sp³-hybridized carbons (Fsp3) is 1.00. The quantitative estimate of drug-likeness (QED) is 0.564. The highest BCUT2D eigenvalue weighted by Crippen LogP contribution is 2.11. The van der Waals surface area contributed by atoms with Gasteiger partial charge in [0.1, 0.15) is 6.17 Å². The van der Waals surface area contributed by atoms with Crippen molar-refractivity contribution in [3.8, 4) is 0 Å². The molecule has 2 unspecified atom stereocenters. The zero-order valence-electron chi connectivity index (χ0n) is 6.74. The second kappa shape index (κ2) is 5.63. The molecular weight excluding hydrogens is 134 g/mol. The van der Waals surface area contributed by atoms with Crippen molar-refractivity contribution < 1.29 is 8.78 Å². The molecule has 0 radical (unpaired) electrons. The molecule has 0 saturated carbocycles. The van der Waals surface area contributed by atoms with E-state index in [9.17, 15) is 8.78 Å². The Labute approximate surface area is 61.6 Å². The molecule has 0 spiro atoms. The van der Waals surface area contributed by atoms with Crippen molar-refractivity contribution in [1.82, 2.24) is 0 Å². The minimum Gasteiger partial charge on any atom is -0.248 e. The average molecular weight is 150 g/mol. The summed E-state index contributed by atoms with van der Waals surface area (Å²) in [6.45, 7) is 3.41. The monoisotopic (exact) mass is 150 g/mol. The van der Waals surface area contributed by atoms with Crippen LogP contribution in [0.15, 0.2) is 0 Å². The molecule has 0 heterocycles. The van der Waals surface area contributed by atoms with E-state index in [4.69, 9.17) is 0 Å². The Hall–Kier alpha value is -0.140. The predicted octanol–water partition coefficient (Wildman–Crippen LogP) is 3.26. The molecule has 0 aromatic carbocycles. The SMILES string of the molecule is CCCC(F)CCC(C)F. The minimum absolute atomic E-state index is 0.362. The second-order valence-corrected chi connectivity index (χ2v) is 2.74. The molecule has 0 fully saturated rings. The Morgan fingerprint density at radius 3 is 2.10 bits per heavy atom. The van der Waals surface area contributed by atoms with Crippen LogP contribution >= 0.6 is 0 Å². The second-order valence-electron chi connectivity index (χ2n) is 2.74. The molecule has 62 valence electrons. The van der Waals surface area contributed by atoms with Gasteiger partial charge >= 0.3 is 0 Å². The van der Waals surface area contributed by atoms with Crippen LogP contribution in [0.2, 0.25) is 0 Å². The summed E-state index contributed by atoms with van der Waals surface area (Å²) in [4.78, 5) is 0. The van der Waals surface area contributed by atoms with Crippen LogP contribution in [-0.2, 0) is 0 Å². The molecule has 0 aromatic heterocycles. The van der Waals surface area contributed by atoms with Crippen molar-refractivity contribution >= 4 is 0 Å². The Morgan fingerprint density at radius 2 is 1.70 bits per heavy atom. The molecule has 0 aromatic rings. The first-order valence-electron chi connectivity index (χ1n) is 3.95. The number of halogens is 2. The van der Waals surface area contributed by atoms with Gasteiger partial charge in [-0.1, -0.05) is 13.3 Å². The summed E-state index contributed by atoms with van der Waals surface area (Å²) >= 11 is 0. The summed E-state index contributed by atoms with van der Waals surface area (Å²) in [5.74, 6) is 0. The Balaban J connectivity index is 3.12. The Bertz CT molecular complexity index is 71.7. The van der Waals surface area contributed by atoms with Gasteiger partial charge in [0.25, 0.3) is 0 Å². The lowest BCUT2D eigenvalue weighted by atomic mass is 10.1. The van der Waals surface area contributed by atoms with Gasteiger partial charge in [-0.25, -0.2) is 8.78 Å². The van der Waals surface area contributed by atoms with Crippen LogP contribution in [0.5, 0.6) is 0 Å². The maximum Gasteiger partial charge on any atom is 0.100 e. The normalized spacial score (nSPS) is 16.8. The summed E-state index contributed by atoms with van der Waals surface area (Å²) in [5, 5.41) is 0. The van der Waals surface area contributed by atoms with E-state index in [0.29, 0.717) is 19.3 Å². The molecule has 0 rings (SSSR count). The summed E-state index contributed by atoms with van der Waals surface area (Å²) in [7, 11) is 0. The van der Waals surface area contributed by atoms with Crippen molar-refractivity contribution in [1.29, 1.82) is 0 Å². The Morgan fingerprint density at radius 1 is 1.10 bits per heavy atom. The number of hydrogen-bond donors (Lipinski definition) is 0. The molecule has 0 amide bonds. The molecule has 0 aliphatic heterocycles. The molecule has 0 saturated heterocycles. The van der Waals surface area contributed by atoms with E-state index in [1.165, 1.54) is 6.92 Å². The third-order valence-electron chi connectivity index (χ3n) is 1.48. The first kappa shape index (κ1) is 9.86. The van der Waals surface area contributed by atoms with Gasteiger partial charge in [-0.3, -0.25) is 0 Å². The van der Waals surface area contributed by atoms with Gasteiger partial charge in [0.05, 0.1) is 6.17 Å². The van der Waals surface area contributed by atoms with Crippen LogP contribution < -0.4 is 0 Å². The molecule has 2 atom stereocenters. The van der Waals surface area contributed by atoms with Gasteiger partial charge in [-0.05, 0) is 26.2 Å². The fourth-order valence-corrected chi connectivity index (χ4v) is 0.868. The van der Waals surface area contributed by atoms with Crippen molar-refractivity contribution in [2.75, 3.05) is 0 Å². The summed E-state index contributed by atoms with van der Waals surface area (Å²) in [5.41, 5.74) is 0. The van der Waals surface area contributed by atoms with Crippen LogP contribution in [0.1, 0.15) is 39.5 Å². The minimum atomic E-state index is -0.852. The smallest absolute Gasteiger partial charge is 0.100 e. The third-order valence-corrected chi connectivity index (χ3v) is 1.48. The van der Waals surface area contributed by atoms with Gasteiger partial charge in [-0.2, -0.15) is 0 Å². The van der Waals surface area contributed by atoms with Crippen LogP contribution in [0, 0.1) is 0 Å². The van der Waals surface area contributed by atoms with Crippen LogP contribution in [0.3, 0.4) is 0 Å². The van der Waals surface area contributed by atoms with E-state index in [0.717, 1.165) is 6.42 Å². The van der Waals surface area contributed by atoms with Gasteiger partial charge in [0, 0.05) is 0 Å². The van der Waals surface area contributed by atoms with Crippen molar-refractivity contribution in [2.45, 2.75) is 51.9 Å². The molecule has 10 heavy (non-hydrogen) atoms. The lowest BCUT2D eigenvalue weighted by Crippen LogP contribution is -2.03. The van der Waals surface area contributed by atoms with Crippen LogP contribution in [0.4, 0.5) is 8.78 Å². The van der Waals surface area contributed by atoms with Crippen molar-refractivity contribution in [3.63, 3.8) is 0 Å². The highest BCUT2D eigenvalue weighted by atomic mass is 19.1. The van der Waals surface area contributed by atoms with Gasteiger partial charge < -0.3 is 0 Å². The predicted molar refractivity (Wildman–Crippen MR) is 39.6 cm³/mol. The van der Waals surface area contributed by atoms with E-state index in [1.807, 2.05) is 6.92 Å². The third kappa shape index (κ3) is 5.99. The Kier molecular flexibility index (Phi) is 5.55. The van der Waals surface area contributed by atoms with Crippen molar-refractivity contribution in [3.05, 3.63) is 0 Å². The molecule has 0 nitrogen and oxygen atoms in total. The maximum absolute atomic E-state index is 12.6. The van der Waals surface area contributed by atoms with Crippen molar-refractivity contribution in [2.24, 2.45) is 0 Å². The van der Waals surface area contributed by atoms with E-state index < -0.39 is 12.3 Å². The number of hydrogen-bond acceptors (Lipinski definition) is 0. The molecule has 0 bridgehead atoms. The average Bonchev–Trinajstić information content (AvgIpc) is 1.85. The maximum atomic E-state index is 12.6. The summed E-state index contributed by atoms with van der Waals surface area (Å²) in [6, 6.07) is 0.